The first-order chi connectivity index (χ1) is 15.7. The zero-order valence-corrected chi connectivity index (χ0v) is 16.8. The van der Waals surface area contributed by atoms with Gasteiger partial charge in [0.25, 0.3) is 12.3 Å². The van der Waals surface area contributed by atoms with E-state index in [0.29, 0.717) is 17.8 Å². The summed E-state index contributed by atoms with van der Waals surface area (Å²) in [4.78, 5) is 22.0. The van der Waals surface area contributed by atoms with E-state index in [2.05, 4.69) is 20.2 Å². The molecule has 0 saturated heterocycles. The molecule has 0 spiro atoms. The molecule has 5 rings (SSSR count). The van der Waals surface area contributed by atoms with E-state index in [-0.39, 0.29) is 11.2 Å². The largest absolute Gasteiger partial charge is 0.408 e. The Kier molecular flexibility index (Phi) is 4.91. The standard InChI is InChI=1S/C20H16F5N7O/c21-18(22)16-12(8-28-32(16)9-20(23,24)25)19(33)30-6-4-13-15(27-10-26-13)17(30)14-7-11-3-1-2-5-31(11)29-14/h1-3,5,7-8,10,17-18H,4,6,9H2,(H,26,27)/t17-/m0/s1. The van der Waals surface area contributed by atoms with Crippen molar-refractivity contribution < 1.29 is 26.7 Å². The number of H-pyrrole nitrogens is 1. The maximum absolute atomic E-state index is 13.7. The molecule has 1 aliphatic rings. The number of hydrogen-bond acceptors (Lipinski definition) is 4. The number of rotatable bonds is 4. The smallest absolute Gasteiger partial charge is 0.348 e. The maximum atomic E-state index is 13.7. The van der Waals surface area contributed by atoms with Crippen LogP contribution in [0.1, 0.15) is 45.6 Å². The molecule has 0 radical (unpaired) electrons. The highest BCUT2D eigenvalue weighted by Crippen LogP contribution is 2.36. The Bertz CT molecular complexity index is 1290. The molecule has 33 heavy (non-hydrogen) atoms. The second kappa shape index (κ2) is 7.67. The molecule has 1 aliphatic heterocycles. The highest BCUT2D eigenvalue weighted by molar-refractivity contribution is 5.96. The lowest BCUT2D eigenvalue weighted by Crippen LogP contribution is -2.41. The molecule has 4 aromatic heterocycles. The molecule has 0 bridgehead atoms. The van der Waals surface area contributed by atoms with Gasteiger partial charge in [-0.2, -0.15) is 23.4 Å². The van der Waals surface area contributed by atoms with Crippen LogP contribution in [-0.4, -0.2) is 52.9 Å². The van der Waals surface area contributed by atoms with Crippen molar-refractivity contribution in [2.75, 3.05) is 6.54 Å². The number of fused-ring (bicyclic) bond motifs is 2. The maximum Gasteiger partial charge on any atom is 0.408 e. The van der Waals surface area contributed by atoms with Gasteiger partial charge in [0.05, 0.1) is 35.0 Å². The summed E-state index contributed by atoms with van der Waals surface area (Å²) in [6.45, 7) is -1.60. The van der Waals surface area contributed by atoms with Crippen molar-refractivity contribution in [1.82, 2.24) is 34.3 Å². The van der Waals surface area contributed by atoms with Crippen LogP contribution in [0.25, 0.3) is 5.52 Å². The first kappa shape index (κ1) is 21.1. The van der Waals surface area contributed by atoms with E-state index in [0.717, 1.165) is 17.4 Å². The highest BCUT2D eigenvalue weighted by atomic mass is 19.4. The number of nitrogens with one attached hydrogen (secondary N) is 1. The number of amides is 1. The number of carbonyl (C=O) groups excluding carboxylic acids is 1. The van der Waals surface area contributed by atoms with Gasteiger partial charge in [0, 0.05) is 24.9 Å². The van der Waals surface area contributed by atoms with Gasteiger partial charge in [-0.05, 0) is 18.2 Å². The molecule has 1 amide bonds. The predicted octanol–water partition coefficient (Wildman–Crippen LogP) is 3.54. The second-order valence-electron chi connectivity index (χ2n) is 7.57. The van der Waals surface area contributed by atoms with Crippen molar-refractivity contribution in [1.29, 1.82) is 0 Å². The molecule has 4 aromatic rings. The van der Waals surface area contributed by atoms with Gasteiger partial charge < -0.3 is 9.88 Å². The van der Waals surface area contributed by atoms with Gasteiger partial charge in [-0.15, -0.1) is 0 Å². The summed E-state index contributed by atoms with van der Waals surface area (Å²) in [6.07, 6.45) is -3.79. The molecule has 0 saturated carbocycles. The minimum Gasteiger partial charge on any atom is -0.348 e. The van der Waals surface area contributed by atoms with Crippen molar-refractivity contribution in [3.05, 3.63) is 71.3 Å². The first-order valence-electron chi connectivity index (χ1n) is 9.91. The van der Waals surface area contributed by atoms with Crippen molar-refractivity contribution in [2.45, 2.75) is 31.6 Å². The average Bonchev–Trinajstić information content (AvgIpc) is 3.48. The van der Waals surface area contributed by atoms with E-state index in [1.165, 1.54) is 11.2 Å². The first-order valence-corrected chi connectivity index (χ1v) is 9.91. The van der Waals surface area contributed by atoms with Gasteiger partial charge in [0.1, 0.15) is 18.3 Å². The number of carbonyl (C=O) groups is 1. The Labute approximate surface area is 182 Å². The fourth-order valence-electron chi connectivity index (χ4n) is 4.13. The van der Waals surface area contributed by atoms with Crippen LogP contribution in [0.3, 0.4) is 0 Å². The summed E-state index contributed by atoms with van der Waals surface area (Å²) in [5, 5.41) is 7.94. The van der Waals surface area contributed by atoms with Gasteiger partial charge >= 0.3 is 6.18 Å². The van der Waals surface area contributed by atoms with Crippen LogP contribution >= 0.6 is 0 Å². The van der Waals surface area contributed by atoms with E-state index in [1.54, 1.807) is 22.8 Å². The third-order valence-electron chi connectivity index (χ3n) is 5.50. The van der Waals surface area contributed by atoms with Crippen molar-refractivity contribution in [2.24, 2.45) is 0 Å². The Morgan fingerprint density at radius 2 is 2.09 bits per heavy atom. The summed E-state index contributed by atoms with van der Waals surface area (Å²) in [5.41, 5.74) is 0.806. The SMILES string of the molecule is O=C(c1cnn(CC(F)(F)F)c1C(F)F)N1CCc2[nH]cnc2[C@@H]1c1cc2ccccn2n1. The summed E-state index contributed by atoms with van der Waals surface area (Å²) in [5.74, 6) is -0.866. The Morgan fingerprint density at radius 3 is 2.82 bits per heavy atom. The van der Waals surface area contributed by atoms with Crippen LogP contribution in [0.2, 0.25) is 0 Å². The molecule has 13 heteroatoms. The Balaban J connectivity index is 1.58. The van der Waals surface area contributed by atoms with Crippen LogP contribution in [-0.2, 0) is 13.0 Å². The van der Waals surface area contributed by atoms with Crippen LogP contribution in [0.5, 0.6) is 0 Å². The minimum atomic E-state index is -4.77. The number of alkyl halides is 5. The van der Waals surface area contributed by atoms with Crippen LogP contribution < -0.4 is 0 Å². The number of aromatic nitrogens is 6. The average molecular weight is 465 g/mol. The van der Waals surface area contributed by atoms with E-state index in [9.17, 15) is 26.7 Å². The molecule has 0 aliphatic carbocycles. The third kappa shape index (κ3) is 3.72. The minimum absolute atomic E-state index is 0.125. The molecule has 8 nitrogen and oxygen atoms in total. The lowest BCUT2D eigenvalue weighted by Gasteiger charge is -2.34. The van der Waals surface area contributed by atoms with E-state index in [1.807, 2.05) is 12.1 Å². The summed E-state index contributed by atoms with van der Waals surface area (Å²) < 4.78 is 67.7. The zero-order chi connectivity index (χ0) is 23.3. The molecular weight excluding hydrogens is 449 g/mol. The molecule has 172 valence electrons. The molecule has 0 aromatic carbocycles. The molecular formula is C20H16F5N7O. The molecule has 1 N–H and O–H groups in total. The fraction of sp³-hybridized carbons (Fsp3) is 0.300. The number of aromatic amines is 1. The lowest BCUT2D eigenvalue weighted by molar-refractivity contribution is -0.143. The van der Waals surface area contributed by atoms with Gasteiger partial charge in [-0.1, -0.05) is 6.07 Å². The molecule has 0 unspecified atom stereocenters. The van der Waals surface area contributed by atoms with Gasteiger partial charge in [-0.3, -0.25) is 9.48 Å². The van der Waals surface area contributed by atoms with Crippen molar-refractivity contribution >= 4 is 11.4 Å². The molecule has 5 heterocycles. The Morgan fingerprint density at radius 1 is 1.27 bits per heavy atom. The van der Waals surface area contributed by atoms with Gasteiger partial charge in [-0.25, -0.2) is 18.3 Å². The molecule has 1 atom stereocenters. The third-order valence-corrected chi connectivity index (χ3v) is 5.50. The number of pyridine rings is 1. The normalized spacial score (nSPS) is 16.5. The van der Waals surface area contributed by atoms with E-state index >= 15 is 0 Å². The van der Waals surface area contributed by atoms with Crippen molar-refractivity contribution in [3.8, 4) is 0 Å². The highest BCUT2D eigenvalue weighted by Gasteiger charge is 2.39. The number of halogens is 5. The van der Waals surface area contributed by atoms with Crippen molar-refractivity contribution in [3.63, 3.8) is 0 Å². The summed E-state index contributed by atoms with van der Waals surface area (Å²) in [6, 6.07) is 6.33. The zero-order valence-electron chi connectivity index (χ0n) is 16.8. The van der Waals surface area contributed by atoms with Crippen LogP contribution in [0.15, 0.2) is 43.0 Å². The lowest BCUT2D eigenvalue weighted by atomic mass is 9.98. The second-order valence-corrected chi connectivity index (χ2v) is 7.57. The monoisotopic (exact) mass is 465 g/mol. The fourth-order valence-corrected chi connectivity index (χ4v) is 4.13. The summed E-state index contributed by atoms with van der Waals surface area (Å²) >= 11 is 0. The predicted molar refractivity (Wildman–Crippen MR) is 104 cm³/mol. The number of nitrogens with zero attached hydrogens (tertiary/aromatic N) is 6. The van der Waals surface area contributed by atoms with E-state index in [4.69, 9.17) is 0 Å². The van der Waals surface area contributed by atoms with E-state index < -0.39 is 42.4 Å². The van der Waals surface area contributed by atoms with Crippen LogP contribution in [0.4, 0.5) is 22.0 Å². The Hall–Kier alpha value is -3.77. The van der Waals surface area contributed by atoms with Gasteiger partial charge in [0.2, 0.25) is 0 Å². The topological polar surface area (TPSA) is 84.1 Å². The summed E-state index contributed by atoms with van der Waals surface area (Å²) in [7, 11) is 0. The van der Waals surface area contributed by atoms with Crippen LogP contribution in [0, 0.1) is 0 Å². The number of imidazole rings is 1. The number of hydrogen-bond donors (Lipinski definition) is 1. The quantitative estimate of drug-likeness (QED) is 0.468. The molecule has 0 fully saturated rings. The van der Waals surface area contributed by atoms with Gasteiger partial charge in [0.15, 0.2) is 0 Å².